The first-order valence-electron chi connectivity index (χ1n) is 3.70. The van der Waals surface area contributed by atoms with Crippen LogP contribution in [0.15, 0.2) is 18.6 Å². The monoisotopic (exact) mass is 177 g/mol. The van der Waals surface area contributed by atoms with E-state index in [1.54, 1.807) is 12.3 Å². The summed E-state index contributed by atoms with van der Waals surface area (Å²) in [6, 6.07) is 1.71. The van der Waals surface area contributed by atoms with E-state index in [1.165, 1.54) is 17.8 Å². The lowest BCUT2D eigenvalue weighted by Gasteiger charge is -1.89. The van der Waals surface area contributed by atoms with Crippen LogP contribution in [0.4, 0.5) is 5.95 Å². The van der Waals surface area contributed by atoms with Crippen LogP contribution in [0.3, 0.4) is 0 Å². The van der Waals surface area contributed by atoms with Crippen LogP contribution in [0, 0.1) is 0 Å². The topological polar surface area (TPSA) is 72.2 Å². The molecule has 0 unspecified atom stereocenters. The third kappa shape index (κ3) is 1.46. The second-order valence-electron chi connectivity index (χ2n) is 2.50. The highest BCUT2D eigenvalue weighted by Gasteiger charge is 2.02. The maximum atomic E-state index is 10.7. The van der Waals surface area contributed by atoms with E-state index in [0.29, 0.717) is 11.6 Å². The average Bonchev–Trinajstić information content (AvgIpc) is 2.44. The summed E-state index contributed by atoms with van der Waals surface area (Å²) in [4.78, 5) is 18.6. The highest BCUT2D eigenvalue weighted by atomic mass is 16.1. The first-order chi connectivity index (χ1) is 6.25. The number of rotatable bonds is 1. The Labute approximate surface area is 73.6 Å². The van der Waals surface area contributed by atoms with Crippen LogP contribution in [0.25, 0.3) is 5.65 Å². The van der Waals surface area contributed by atoms with Crippen molar-refractivity contribution in [3.8, 4) is 0 Å². The van der Waals surface area contributed by atoms with Crippen molar-refractivity contribution in [3.05, 3.63) is 18.6 Å². The fourth-order valence-electron chi connectivity index (χ4n) is 0.956. The van der Waals surface area contributed by atoms with Crippen molar-refractivity contribution in [1.82, 2.24) is 19.6 Å². The number of hydrogen-bond acceptors (Lipinski definition) is 4. The van der Waals surface area contributed by atoms with E-state index in [0.717, 1.165) is 0 Å². The summed E-state index contributed by atoms with van der Waals surface area (Å²) in [6.07, 6.45) is 3.13. The molecule has 0 aliphatic carbocycles. The maximum absolute atomic E-state index is 10.7. The van der Waals surface area contributed by atoms with Gasteiger partial charge < -0.3 is 0 Å². The van der Waals surface area contributed by atoms with Crippen LogP contribution in [0.5, 0.6) is 0 Å². The van der Waals surface area contributed by atoms with Gasteiger partial charge in [-0.3, -0.25) is 10.1 Å². The van der Waals surface area contributed by atoms with Gasteiger partial charge in [-0.1, -0.05) is 0 Å². The number of carbonyl (C=O) groups excluding carboxylic acids is 1. The van der Waals surface area contributed by atoms with Crippen molar-refractivity contribution < 1.29 is 4.79 Å². The van der Waals surface area contributed by atoms with E-state index in [4.69, 9.17) is 0 Å². The second kappa shape index (κ2) is 2.81. The number of amides is 1. The smallest absolute Gasteiger partial charge is 0.249 e. The Hall–Kier alpha value is -1.98. The second-order valence-corrected chi connectivity index (χ2v) is 2.50. The van der Waals surface area contributed by atoms with E-state index in [-0.39, 0.29) is 5.91 Å². The molecule has 2 aromatic heterocycles. The van der Waals surface area contributed by atoms with E-state index < -0.39 is 0 Å². The molecular weight excluding hydrogens is 170 g/mol. The molecule has 2 heterocycles. The van der Waals surface area contributed by atoms with E-state index >= 15 is 0 Å². The highest BCUT2D eigenvalue weighted by Crippen LogP contribution is 2.02. The van der Waals surface area contributed by atoms with Crippen LogP contribution < -0.4 is 5.32 Å². The molecule has 0 aromatic carbocycles. The third-order valence-electron chi connectivity index (χ3n) is 1.43. The number of anilines is 1. The van der Waals surface area contributed by atoms with Crippen LogP contribution in [-0.2, 0) is 4.79 Å². The molecule has 0 bridgehead atoms. The zero-order valence-electron chi connectivity index (χ0n) is 6.93. The zero-order chi connectivity index (χ0) is 9.26. The minimum absolute atomic E-state index is 0.191. The predicted molar refractivity (Wildman–Crippen MR) is 45.1 cm³/mol. The van der Waals surface area contributed by atoms with Gasteiger partial charge in [0.1, 0.15) is 6.33 Å². The first-order valence-corrected chi connectivity index (χ1v) is 3.70. The van der Waals surface area contributed by atoms with E-state index in [1.807, 2.05) is 0 Å². The molecule has 0 aliphatic rings. The molecule has 2 rings (SSSR count). The predicted octanol–water partition coefficient (Wildman–Crippen LogP) is 0.0827. The van der Waals surface area contributed by atoms with Gasteiger partial charge in [0.2, 0.25) is 11.9 Å². The number of fused-ring (bicyclic) bond motifs is 1. The Morgan fingerprint density at radius 1 is 1.62 bits per heavy atom. The standard InChI is InChI=1S/C7H7N5O/c1-5(13)9-7-10-6-2-3-8-4-12(6)11-7/h2-4H,1H3,(H,9,11,13). The van der Waals surface area contributed by atoms with Gasteiger partial charge in [0.05, 0.1) is 0 Å². The van der Waals surface area contributed by atoms with Crippen molar-refractivity contribution in [1.29, 1.82) is 0 Å². The number of nitrogens with one attached hydrogen (secondary N) is 1. The minimum Gasteiger partial charge on any atom is -0.293 e. The summed E-state index contributed by atoms with van der Waals surface area (Å²) >= 11 is 0. The minimum atomic E-state index is -0.191. The van der Waals surface area contributed by atoms with Crippen molar-refractivity contribution in [3.63, 3.8) is 0 Å². The van der Waals surface area contributed by atoms with Crippen LogP contribution in [0.1, 0.15) is 6.92 Å². The normalized spacial score (nSPS) is 10.2. The summed E-state index contributed by atoms with van der Waals surface area (Å²) in [7, 11) is 0. The molecule has 0 fully saturated rings. The summed E-state index contributed by atoms with van der Waals surface area (Å²) in [5, 5.41) is 6.45. The fraction of sp³-hybridized carbons (Fsp3) is 0.143. The number of aromatic nitrogens is 4. The van der Waals surface area contributed by atoms with Gasteiger partial charge in [-0.25, -0.2) is 9.50 Å². The van der Waals surface area contributed by atoms with Gasteiger partial charge in [-0.05, 0) is 0 Å². The molecule has 2 aromatic rings. The number of carbonyl (C=O) groups is 1. The third-order valence-corrected chi connectivity index (χ3v) is 1.43. The van der Waals surface area contributed by atoms with Crippen LogP contribution >= 0.6 is 0 Å². The van der Waals surface area contributed by atoms with Gasteiger partial charge in [0.15, 0.2) is 5.65 Å². The number of hydrogen-bond donors (Lipinski definition) is 1. The molecule has 13 heavy (non-hydrogen) atoms. The van der Waals surface area contributed by atoms with Crippen molar-refractivity contribution in [2.75, 3.05) is 5.32 Å². The van der Waals surface area contributed by atoms with Crippen molar-refractivity contribution in [2.24, 2.45) is 0 Å². The summed E-state index contributed by atoms with van der Waals surface area (Å²) in [6.45, 7) is 1.41. The molecule has 0 saturated carbocycles. The Kier molecular flexibility index (Phi) is 1.66. The maximum Gasteiger partial charge on any atom is 0.249 e. The lowest BCUT2D eigenvalue weighted by atomic mass is 10.6. The fourth-order valence-corrected chi connectivity index (χ4v) is 0.956. The van der Waals surface area contributed by atoms with Gasteiger partial charge in [0.25, 0.3) is 0 Å². The summed E-state index contributed by atoms with van der Waals surface area (Å²) in [5.41, 5.74) is 0.652. The van der Waals surface area contributed by atoms with Gasteiger partial charge >= 0.3 is 0 Å². The molecule has 0 spiro atoms. The van der Waals surface area contributed by atoms with Gasteiger partial charge in [-0.15, -0.1) is 5.10 Å². The summed E-state index contributed by atoms with van der Waals surface area (Å²) in [5.74, 6) is 0.101. The molecule has 66 valence electrons. The van der Waals surface area contributed by atoms with Gasteiger partial charge in [-0.2, -0.15) is 4.98 Å². The largest absolute Gasteiger partial charge is 0.293 e. The van der Waals surface area contributed by atoms with Crippen molar-refractivity contribution >= 4 is 17.5 Å². The SMILES string of the molecule is CC(=O)Nc1nc2ccncn2n1. The Balaban J connectivity index is 2.44. The average molecular weight is 177 g/mol. The van der Waals surface area contributed by atoms with Crippen molar-refractivity contribution in [2.45, 2.75) is 6.92 Å². The molecule has 0 atom stereocenters. The Morgan fingerprint density at radius 2 is 2.46 bits per heavy atom. The Bertz CT molecular complexity index is 416. The number of nitrogens with zero attached hydrogens (tertiary/aromatic N) is 4. The van der Waals surface area contributed by atoms with E-state index in [9.17, 15) is 4.79 Å². The van der Waals surface area contributed by atoms with Crippen LogP contribution in [0.2, 0.25) is 0 Å². The molecule has 6 nitrogen and oxygen atoms in total. The zero-order valence-corrected chi connectivity index (χ0v) is 6.93. The molecule has 1 N–H and O–H groups in total. The first kappa shape index (κ1) is 7.66. The molecular formula is C7H7N5O. The molecule has 0 saturated heterocycles. The molecule has 6 heteroatoms. The van der Waals surface area contributed by atoms with Crippen LogP contribution in [-0.4, -0.2) is 25.5 Å². The van der Waals surface area contributed by atoms with E-state index in [2.05, 4.69) is 20.4 Å². The molecule has 0 aliphatic heterocycles. The lowest BCUT2D eigenvalue weighted by molar-refractivity contribution is -0.114. The Morgan fingerprint density at radius 3 is 3.15 bits per heavy atom. The highest BCUT2D eigenvalue weighted by molar-refractivity contribution is 5.86. The molecule has 0 radical (unpaired) electrons. The quantitative estimate of drug-likeness (QED) is 0.669. The molecule has 1 amide bonds. The lowest BCUT2D eigenvalue weighted by Crippen LogP contribution is -2.07. The van der Waals surface area contributed by atoms with Gasteiger partial charge in [0, 0.05) is 19.2 Å². The summed E-state index contributed by atoms with van der Waals surface area (Å²) < 4.78 is 1.49.